The van der Waals surface area contributed by atoms with E-state index in [9.17, 15) is 0 Å². The van der Waals surface area contributed by atoms with Gasteiger partial charge in [-0.1, -0.05) is 31.8 Å². The lowest BCUT2D eigenvalue weighted by atomic mass is 10.3. The average Bonchev–Trinajstić information content (AvgIpc) is 3.10. The number of rotatable bonds is 6. The van der Waals surface area contributed by atoms with Gasteiger partial charge in [-0.15, -0.1) is 0 Å². The van der Waals surface area contributed by atoms with E-state index in [1.54, 1.807) is 10.9 Å². The van der Waals surface area contributed by atoms with Crippen LogP contribution in [0, 0.1) is 0 Å². The molecule has 0 amide bonds. The molecule has 0 bridgehead atoms. The van der Waals surface area contributed by atoms with Crippen LogP contribution in [-0.2, 0) is 11.5 Å². The molecule has 3 aromatic rings. The molecule has 3 rings (SSSR count). The van der Waals surface area contributed by atoms with Crippen LogP contribution in [0.25, 0.3) is 17.0 Å². The summed E-state index contributed by atoms with van der Waals surface area (Å²) in [5.74, 6) is 0.791. The lowest BCUT2D eigenvalue weighted by Gasteiger charge is -2.16. The summed E-state index contributed by atoms with van der Waals surface area (Å²) in [4.78, 5) is 4.67. The van der Waals surface area contributed by atoms with Gasteiger partial charge < -0.3 is 4.74 Å². The number of ether oxygens (including phenoxy) is 1. The predicted molar refractivity (Wildman–Crippen MR) is 91.0 cm³/mol. The number of nitrogens with zero attached hydrogens (tertiary/aromatic N) is 4. The second-order valence-electron chi connectivity index (χ2n) is 6.63. The van der Waals surface area contributed by atoms with Gasteiger partial charge in [0, 0.05) is 27.1 Å². The van der Waals surface area contributed by atoms with Crippen molar-refractivity contribution in [1.29, 1.82) is 0 Å². The molecule has 6 heteroatoms. The first kappa shape index (κ1) is 15.0. The first-order valence-electron chi connectivity index (χ1n) is 7.58. The highest BCUT2D eigenvalue weighted by atomic mass is 28.3. The van der Waals surface area contributed by atoms with Crippen LogP contribution in [0.4, 0.5) is 0 Å². The monoisotopic (exact) mass is 314 g/mol. The first-order chi connectivity index (χ1) is 10.5. The van der Waals surface area contributed by atoms with Crippen molar-refractivity contribution in [2.45, 2.75) is 32.4 Å². The average molecular weight is 314 g/mol. The SMILES string of the molecule is C[Si](C)(C)CCOCn1c(-n2cccn2)nc2ccccc21. The highest BCUT2D eigenvalue weighted by Gasteiger charge is 2.14. The van der Waals surface area contributed by atoms with E-state index in [2.05, 4.69) is 40.4 Å². The van der Waals surface area contributed by atoms with Gasteiger partial charge in [-0.25, -0.2) is 9.67 Å². The molecule has 1 aromatic carbocycles. The molecule has 5 nitrogen and oxygen atoms in total. The number of imidazole rings is 1. The Morgan fingerprint density at radius 3 is 2.68 bits per heavy atom. The van der Waals surface area contributed by atoms with Crippen molar-refractivity contribution in [2.75, 3.05) is 6.61 Å². The maximum atomic E-state index is 5.92. The Labute approximate surface area is 131 Å². The van der Waals surface area contributed by atoms with Crippen molar-refractivity contribution in [2.24, 2.45) is 0 Å². The summed E-state index contributed by atoms with van der Waals surface area (Å²) in [5, 5.41) is 4.29. The third-order valence-electron chi connectivity index (χ3n) is 3.56. The fraction of sp³-hybridized carbons (Fsp3) is 0.375. The van der Waals surface area contributed by atoms with Gasteiger partial charge >= 0.3 is 0 Å². The lowest BCUT2D eigenvalue weighted by molar-refractivity contribution is 0.0894. The quantitative estimate of drug-likeness (QED) is 0.516. The summed E-state index contributed by atoms with van der Waals surface area (Å²) in [6, 6.07) is 11.2. The van der Waals surface area contributed by atoms with E-state index in [0.717, 1.165) is 29.6 Å². The fourth-order valence-corrected chi connectivity index (χ4v) is 3.04. The minimum absolute atomic E-state index is 0.500. The summed E-state index contributed by atoms with van der Waals surface area (Å²) >= 11 is 0. The van der Waals surface area contributed by atoms with Crippen LogP contribution in [0.15, 0.2) is 42.7 Å². The largest absolute Gasteiger partial charge is 0.361 e. The maximum absolute atomic E-state index is 5.92. The molecule has 0 aliphatic rings. The highest BCUT2D eigenvalue weighted by Crippen LogP contribution is 2.19. The summed E-state index contributed by atoms with van der Waals surface area (Å²) in [6.45, 7) is 8.37. The predicted octanol–water partition coefficient (Wildman–Crippen LogP) is 3.53. The third-order valence-corrected chi connectivity index (χ3v) is 5.26. The van der Waals surface area contributed by atoms with Crippen molar-refractivity contribution in [1.82, 2.24) is 19.3 Å². The van der Waals surface area contributed by atoms with Gasteiger partial charge in [0.05, 0.1) is 11.0 Å². The van der Waals surface area contributed by atoms with Crippen molar-refractivity contribution >= 4 is 19.1 Å². The Balaban J connectivity index is 1.85. The Kier molecular flexibility index (Phi) is 4.13. The summed E-state index contributed by atoms with van der Waals surface area (Å²) < 4.78 is 9.77. The van der Waals surface area contributed by atoms with Gasteiger partial charge in [0.2, 0.25) is 5.95 Å². The van der Waals surface area contributed by atoms with Crippen LogP contribution < -0.4 is 0 Å². The Hall–Kier alpha value is -1.92. The van der Waals surface area contributed by atoms with Crippen LogP contribution in [0.2, 0.25) is 25.7 Å². The van der Waals surface area contributed by atoms with E-state index in [4.69, 9.17) is 4.74 Å². The van der Waals surface area contributed by atoms with E-state index in [1.165, 1.54) is 0 Å². The zero-order chi connectivity index (χ0) is 15.6. The van der Waals surface area contributed by atoms with Crippen molar-refractivity contribution in [3.63, 3.8) is 0 Å². The molecule has 0 radical (unpaired) electrons. The van der Waals surface area contributed by atoms with E-state index in [0.29, 0.717) is 6.73 Å². The van der Waals surface area contributed by atoms with E-state index in [1.807, 2.05) is 30.5 Å². The maximum Gasteiger partial charge on any atom is 0.233 e. The Morgan fingerprint density at radius 1 is 1.14 bits per heavy atom. The molecule has 2 aromatic heterocycles. The zero-order valence-electron chi connectivity index (χ0n) is 13.4. The van der Waals surface area contributed by atoms with Crippen molar-refractivity contribution in [3.05, 3.63) is 42.7 Å². The smallest absolute Gasteiger partial charge is 0.233 e. The minimum atomic E-state index is -1.07. The standard InChI is InChI=1S/C16H22N4OSi/c1-22(2,3)12-11-21-13-19-15-8-5-4-7-14(15)18-16(19)20-10-6-9-17-20/h4-10H,11-13H2,1-3H3. The first-order valence-corrected chi connectivity index (χ1v) is 11.3. The van der Waals surface area contributed by atoms with Crippen LogP contribution in [0.1, 0.15) is 0 Å². The zero-order valence-corrected chi connectivity index (χ0v) is 14.4. The molecule has 2 heterocycles. The molecule has 0 unspecified atom stereocenters. The molecule has 0 aliphatic heterocycles. The molecule has 0 aliphatic carbocycles. The Morgan fingerprint density at radius 2 is 1.95 bits per heavy atom. The molecule has 0 saturated heterocycles. The Bertz CT molecular complexity index is 743. The number of fused-ring (bicyclic) bond motifs is 1. The fourth-order valence-electron chi connectivity index (χ4n) is 2.29. The van der Waals surface area contributed by atoms with Gasteiger partial charge in [-0.05, 0) is 24.2 Å². The second kappa shape index (κ2) is 6.06. The molecular formula is C16H22N4OSi. The van der Waals surface area contributed by atoms with E-state index < -0.39 is 8.07 Å². The van der Waals surface area contributed by atoms with Crippen LogP contribution in [-0.4, -0.2) is 34.0 Å². The van der Waals surface area contributed by atoms with Gasteiger partial charge in [0.1, 0.15) is 6.73 Å². The van der Waals surface area contributed by atoms with E-state index >= 15 is 0 Å². The van der Waals surface area contributed by atoms with Crippen LogP contribution >= 0.6 is 0 Å². The number of hydrogen-bond acceptors (Lipinski definition) is 3. The van der Waals surface area contributed by atoms with Crippen molar-refractivity contribution < 1.29 is 4.74 Å². The van der Waals surface area contributed by atoms with Crippen LogP contribution in [0.3, 0.4) is 0 Å². The molecule has 0 spiro atoms. The third kappa shape index (κ3) is 3.28. The van der Waals surface area contributed by atoms with Gasteiger partial charge in [-0.3, -0.25) is 4.57 Å². The van der Waals surface area contributed by atoms with Crippen molar-refractivity contribution in [3.8, 4) is 5.95 Å². The number of hydrogen-bond donors (Lipinski definition) is 0. The number of benzene rings is 1. The summed E-state index contributed by atoms with van der Waals surface area (Å²) in [5.41, 5.74) is 2.03. The normalized spacial score (nSPS) is 12.1. The second-order valence-corrected chi connectivity index (χ2v) is 12.2. The molecule has 116 valence electrons. The number of para-hydroxylation sites is 2. The highest BCUT2D eigenvalue weighted by molar-refractivity contribution is 6.76. The van der Waals surface area contributed by atoms with Gasteiger partial charge in [0.25, 0.3) is 0 Å². The summed E-state index contributed by atoms with van der Waals surface area (Å²) in [6.07, 6.45) is 3.66. The summed E-state index contributed by atoms with van der Waals surface area (Å²) in [7, 11) is -1.07. The molecule has 0 N–H and O–H groups in total. The van der Waals surface area contributed by atoms with Gasteiger partial charge in [-0.2, -0.15) is 5.10 Å². The topological polar surface area (TPSA) is 44.9 Å². The molecule has 0 fully saturated rings. The lowest BCUT2D eigenvalue weighted by Crippen LogP contribution is -2.22. The minimum Gasteiger partial charge on any atom is -0.361 e. The van der Waals surface area contributed by atoms with E-state index in [-0.39, 0.29) is 0 Å². The van der Waals surface area contributed by atoms with Crippen LogP contribution in [0.5, 0.6) is 0 Å². The van der Waals surface area contributed by atoms with Gasteiger partial charge in [0.15, 0.2) is 0 Å². The number of aromatic nitrogens is 4. The molecule has 0 atom stereocenters. The molecule has 22 heavy (non-hydrogen) atoms. The molecular weight excluding hydrogens is 292 g/mol. The molecule has 0 saturated carbocycles.